The Kier molecular flexibility index (Phi) is 8.06. The first kappa shape index (κ1) is 25.4. The van der Waals surface area contributed by atoms with Crippen LogP contribution in [-0.2, 0) is 16.6 Å². The average molecular weight is 503 g/mol. The number of hydrogen-bond donors (Lipinski definition) is 1. The van der Waals surface area contributed by atoms with Gasteiger partial charge in [-0.3, -0.25) is 9.10 Å². The van der Waals surface area contributed by atoms with Crippen molar-refractivity contribution < 1.29 is 22.7 Å². The first-order chi connectivity index (χ1) is 16.1. The van der Waals surface area contributed by atoms with E-state index in [-0.39, 0.29) is 18.5 Å². The molecule has 34 heavy (non-hydrogen) atoms. The average Bonchev–Trinajstić information content (AvgIpc) is 2.82. The molecule has 3 aromatic carbocycles. The molecule has 3 aromatic rings. The molecule has 3 rings (SSSR count). The molecule has 9 heteroatoms. The van der Waals surface area contributed by atoms with Crippen LogP contribution in [0.3, 0.4) is 0 Å². The molecule has 0 saturated heterocycles. The number of methoxy groups -OCH3 is 2. The summed E-state index contributed by atoms with van der Waals surface area (Å²) in [5, 5.41) is 3.52. The Morgan fingerprint density at radius 3 is 2.21 bits per heavy atom. The van der Waals surface area contributed by atoms with Gasteiger partial charge in [0.25, 0.3) is 5.91 Å². The molecule has 0 aromatic heterocycles. The van der Waals surface area contributed by atoms with Gasteiger partial charge in [0.1, 0.15) is 11.5 Å². The predicted molar refractivity (Wildman–Crippen MR) is 134 cm³/mol. The van der Waals surface area contributed by atoms with Crippen molar-refractivity contribution in [1.29, 1.82) is 0 Å². The maximum atomic E-state index is 12.9. The van der Waals surface area contributed by atoms with Gasteiger partial charge in [-0.05, 0) is 67.1 Å². The van der Waals surface area contributed by atoms with E-state index in [4.69, 9.17) is 21.1 Å². The highest BCUT2D eigenvalue weighted by molar-refractivity contribution is 7.92. The van der Waals surface area contributed by atoms with Gasteiger partial charge in [-0.15, -0.1) is 0 Å². The number of amides is 1. The number of nitrogens with zero attached hydrogens (tertiary/aromatic N) is 1. The molecular weight excluding hydrogens is 476 g/mol. The van der Waals surface area contributed by atoms with Crippen LogP contribution in [0.4, 0.5) is 5.69 Å². The quantitative estimate of drug-likeness (QED) is 0.453. The number of carbonyl (C=O) groups excluding carboxylic acids is 1. The summed E-state index contributed by atoms with van der Waals surface area (Å²) in [5.74, 6) is 0.991. The van der Waals surface area contributed by atoms with Crippen LogP contribution in [-0.4, -0.2) is 34.8 Å². The SMILES string of the molecule is COc1ccc(OC)c([C@@H](C)NC(=O)c2ccc(N(Cc3ccc(Cl)cc3)S(C)(=O)=O)cc2)c1. The second-order valence-corrected chi connectivity index (χ2v) is 10.1. The van der Waals surface area contributed by atoms with Gasteiger partial charge in [0.15, 0.2) is 0 Å². The standard InChI is InChI=1S/C25H27ClN2O5S/c1-17(23-15-22(32-2)13-14-24(23)33-3)27-25(29)19-7-11-21(12-8-19)28(34(4,30)31)16-18-5-9-20(26)10-6-18/h5-15,17H,16H2,1-4H3,(H,27,29)/t17-/m1/s1. The summed E-state index contributed by atoms with van der Waals surface area (Å²) < 4.78 is 36.8. The molecule has 0 heterocycles. The van der Waals surface area contributed by atoms with Gasteiger partial charge in [0.05, 0.1) is 38.7 Å². The Hall–Kier alpha value is -3.23. The van der Waals surface area contributed by atoms with Crippen molar-refractivity contribution in [2.45, 2.75) is 19.5 Å². The number of nitrogens with one attached hydrogen (secondary N) is 1. The Bertz CT molecular complexity index is 1250. The summed E-state index contributed by atoms with van der Waals surface area (Å²) in [6.07, 6.45) is 1.15. The number of ether oxygens (including phenoxy) is 2. The third-order valence-electron chi connectivity index (χ3n) is 5.31. The highest BCUT2D eigenvalue weighted by Crippen LogP contribution is 2.29. The van der Waals surface area contributed by atoms with E-state index in [1.807, 2.05) is 13.0 Å². The molecule has 1 amide bonds. The van der Waals surface area contributed by atoms with Crippen LogP contribution in [0, 0.1) is 0 Å². The van der Waals surface area contributed by atoms with Crippen molar-refractivity contribution >= 4 is 33.2 Å². The number of sulfonamides is 1. The zero-order valence-electron chi connectivity index (χ0n) is 19.4. The Labute approximate surface area is 205 Å². The Balaban J connectivity index is 1.78. The van der Waals surface area contributed by atoms with Gasteiger partial charge in [0, 0.05) is 16.1 Å². The van der Waals surface area contributed by atoms with E-state index in [9.17, 15) is 13.2 Å². The van der Waals surface area contributed by atoms with Gasteiger partial charge in [-0.1, -0.05) is 23.7 Å². The fourth-order valence-corrected chi connectivity index (χ4v) is 4.48. The number of benzene rings is 3. The molecular formula is C25H27ClN2O5S. The molecule has 0 aliphatic heterocycles. The molecule has 7 nitrogen and oxygen atoms in total. The van der Waals surface area contributed by atoms with Crippen molar-refractivity contribution in [2.75, 3.05) is 24.8 Å². The summed E-state index contributed by atoms with van der Waals surface area (Å²) in [6.45, 7) is 2.00. The van der Waals surface area contributed by atoms with Crippen LogP contribution in [0.5, 0.6) is 11.5 Å². The highest BCUT2D eigenvalue weighted by Gasteiger charge is 2.20. The fourth-order valence-electron chi connectivity index (χ4n) is 3.47. The van der Waals surface area contributed by atoms with E-state index in [2.05, 4.69) is 5.32 Å². The van der Waals surface area contributed by atoms with E-state index in [0.29, 0.717) is 27.8 Å². The molecule has 1 N–H and O–H groups in total. The fraction of sp³-hybridized carbons (Fsp3) is 0.240. The largest absolute Gasteiger partial charge is 0.497 e. The smallest absolute Gasteiger partial charge is 0.251 e. The third-order valence-corrected chi connectivity index (χ3v) is 6.70. The molecule has 0 aliphatic carbocycles. The maximum Gasteiger partial charge on any atom is 0.251 e. The van der Waals surface area contributed by atoms with Gasteiger partial charge in [0.2, 0.25) is 10.0 Å². The van der Waals surface area contributed by atoms with Crippen LogP contribution in [0.15, 0.2) is 66.7 Å². The molecule has 0 fully saturated rings. The molecule has 0 unspecified atom stereocenters. The molecule has 0 aliphatic rings. The van der Waals surface area contributed by atoms with Crippen LogP contribution < -0.4 is 19.1 Å². The van der Waals surface area contributed by atoms with Gasteiger partial charge in [-0.2, -0.15) is 0 Å². The zero-order chi connectivity index (χ0) is 24.9. The topological polar surface area (TPSA) is 84.9 Å². The van der Waals surface area contributed by atoms with Crippen molar-refractivity contribution in [3.63, 3.8) is 0 Å². The highest BCUT2D eigenvalue weighted by atomic mass is 35.5. The van der Waals surface area contributed by atoms with E-state index < -0.39 is 10.0 Å². The first-order valence-electron chi connectivity index (χ1n) is 10.5. The van der Waals surface area contributed by atoms with Gasteiger partial charge < -0.3 is 14.8 Å². The van der Waals surface area contributed by atoms with E-state index in [1.165, 1.54) is 4.31 Å². The number of hydrogen-bond acceptors (Lipinski definition) is 5. The van der Waals surface area contributed by atoms with Crippen LogP contribution in [0.2, 0.25) is 5.02 Å². The van der Waals surface area contributed by atoms with E-state index in [0.717, 1.165) is 17.4 Å². The second kappa shape index (κ2) is 10.8. The molecule has 0 bridgehead atoms. The van der Waals surface area contributed by atoms with Crippen LogP contribution in [0.25, 0.3) is 0 Å². The zero-order valence-corrected chi connectivity index (χ0v) is 21.0. The molecule has 1 atom stereocenters. The normalized spacial score (nSPS) is 12.0. The lowest BCUT2D eigenvalue weighted by Gasteiger charge is -2.23. The third kappa shape index (κ3) is 6.21. The van der Waals surface area contributed by atoms with Crippen molar-refractivity contribution in [3.05, 3.63) is 88.4 Å². The Morgan fingerprint density at radius 2 is 1.65 bits per heavy atom. The van der Waals surface area contributed by atoms with Gasteiger partial charge >= 0.3 is 0 Å². The monoisotopic (exact) mass is 502 g/mol. The number of carbonyl (C=O) groups is 1. The lowest BCUT2D eigenvalue weighted by Crippen LogP contribution is -2.29. The van der Waals surface area contributed by atoms with Crippen molar-refractivity contribution in [2.24, 2.45) is 0 Å². The lowest BCUT2D eigenvalue weighted by molar-refractivity contribution is 0.0939. The molecule has 180 valence electrons. The Morgan fingerprint density at radius 1 is 1.00 bits per heavy atom. The van der Waals surface area contributed by atoms with Crippen LogP contribution >= 0.6 is 11.6 Å². The predicted octanol–water partition coefficient (Wildman–Crippen LogP) is 4.81. The first-order valence-corrected chi connectivity index (χ1v) is 12.7. The summed E-state index contributed by atoms with van der Waals surface area (Å²) in [6, 6.07) is 18.4. The molecule has 0 radical (unpaired) electrons. The summed E-state index contributed by atoms with van der Waals surface area (Å²) in [7, 11) is -0.417. The summed E-state index contributed by atoms with van der Waals surface area (Å²) in [5.41, 5.74) is 2.42. The van der Waals surface area contributed by atoms with Gasteiger partial charge in [-0.25, -0.2) is 8.42 Å². The molecule has 0 saturated carbocycles. The van der Waals surface area contributed by atoms with E-state index >= 15 is 0 Å². The minimum absolute atomic E-state index is 0.147. The van der Waals surface area contributed by atoms with Crippen molar-refractivity contribution in [1.82, 2.24) is 5.32 Å². The summed E-state index contributed by atoms with van der Waals surface area (Å²) >= 11 is 5.93. The van der Waals surface area contributed by atoms with E-state index in [1.54, 1.807) is 74.9 Å². The lowest BCUT2D eigenvalue weighted by atomic mass is 10.1. The van der Waals surface area contributed by atoms with Crippen molar-refractivity contribution in [3.8, 4) is 11.5 Å². The molecule has 0 spiro atoms. The van der Waals surface area contributed by atoms with Crippen LogP contribution in [0.1, 0.15) is 34.5 Å². The number of anilines is 1. The number of rotatable bonds is 9. The second-order valence-electron chi connectivity index (χ2n) is 7.75. The summed E-state index contributed by atoms with van der Waals surface area (Å²) in [4.78, 5) is 12.9. The minimum atomic E-state index is -3.55. The minimum Gasteiger partial charge on any atom is -0.497 e. The number of halogens is 1. The maximum absolute atomic E-state index is 12.9.